The van der Waals surface area contributed by atoms with E-state index in [1.807, 2.05) is 21.6 Å². The van der Waals surface area contributed by atoms with Crippen LogP contribution in [-0.2, 0) is 4.79 Å². The van der Waals surface area contributed by atoms with E-state index in [9.17, 15) is 9.59 Å². The molecule has 2 fully saturated rings. The number of nitrogens with zero attached hydrogens (tertiary/aromatic N) is 1. The minimum atomic E-state index is -0.205. The molecule has 2 aliphatic rings. The monoisotopic (exact) mass is 288 g/mol. The summed E-state index contributed by atoms with van der Waals surface area (Å²) in [4.78, 5) is 24.3. The Morgan fingerprint density at radius 1 is 1.44 bits per heavy atom. The number of imide groups is 1. The van der Waals surface area contributed by atoms with Crippen molar-refractivity contribution in [1.82, 2.24) is 10.2 Å². The van der Waals surface area contributed by atoms with E-state index in [-0.39, 0.29) is 11.9 Å². The van der Waals surface area contributed by atoms with E-state index in [1.165, 1.54) is 23.5 Å². The van der Waals surface area contributed by atoms with E-state index < -0.39 is 0 Å². The quantitative estimate of drug-likeness (QED) is 0.624. The number of hydrogen-bond acceptors (Lipinski definition) is 4. The number of likely N-dealkylation sites (tertiary alicyclic amines) is 1. The summed E-state index contributed by atoms with van der Waals surface area (Å²) < 4.78 is 0. The number of urea groups is 1. The summed E-state index contributed by atoms with van der Waals surface area (Å²) in [7, 11) is 3.97. The second-order valence-corrected chi connectivity index (χ2v) is 7.49. The molecule has 2 aliphatic heterocycles. The van der Waals surface area contributed by atoms with Crippen LogP contribution in [0.5, 0.6) is 0 Å². The van der Waals surface area contributed by atoms with Crippen LogP contribution in [0.4, 0.5) is 4.79 Å². The molecule has 0 saturated carbocycles. The summed E-state index contributed by atoms with van der Waals surface area (Å²) in [5.74, 6) is 1.25. The largest absolute Gasteiger partial charge is 0.338 e. The van der Waals surface area contributed by atoms with Gasteiger partial charge in [-0.05, 0) is 25.7 Å². The molecule has 0 aliphatic carbocycles. The summed E-state index contributed by atoms with van der Waals surface area (Å²) in [6.45, 7) is 1.27. The van der Waals surface area contributed by atoms with Gasteiger partial charge < -0.3 is 5.32 Å². The average molecular weight is 288 g/mol. The highest BCUT2D eigenvalue weighted by Gasteiger charge is 2.25. The molecule has 0 aromatic rings. The van der Waals surface area contributed by atoms with Crippen molar-refractivity contribution in [3.8, 4) is 0 Å². The fourth-order valence-electron chi connectivity index (χ4n) is 2.22. The van der Waals surface area contributed by atoms with E-state index in [0.29, 0.717) is 19.5 Å². The van der Waals surface area contributed by atoms with E-state index in [1.54, 1.807) is 0 Å². The fraction of sp³-hybridized carbons (Fsp3) is 0.833. The fourth-order valence-corrected chi connectivity index (χ4v) is 5.24. The molecule has 3 amide bonds. The number of carbonyl (C=O) groups excluding carboxylic acids is 2. The number of unbranched alkanes of at least 4 members (excludes halogenated alkanes) is 1. The number of rotatable bonds is 5. The van der Waals surface area contributed by atoms with Crippen molar-refractivity contribution in [3.05, 3.63) is 0 Å². The lowest BCUT2D eigenvalue weighted by Gasteiger charge is -2.14. The average Bonchev–Trinajstić information content (AvgIpc) is 2.99. The van der Waals surface area contributed by atoms with Crippen molar-refractivity contribution in [2.45, 2.75) is 43.8 Å². The van der Waals surface area contributed by atoms with Gasteiger partial charge in [0.1, 0.15) is 0 Å². The van der Waals surface area contributed by atoms with Crippen LogP contribution in [0.2, 0.25) is 0 Å². The maximum absolute atomic E-state index is 11.7. The van der Waals surface area contributed by atoms with E-state index in [4.69, 9.17) is 0 Å². The Hall–Kier alpha value is -0.360. The van der Waals surface area contributed by atoms with Crippen molar-refractivity contribution in [1.29, 1.82) is 0 Å². The predicted octanol–water partition coefficient (Wildman–Crippen LogP) is 2.64. The Labute approximate surface area is 116 Å². The normalized spacial score (nSPS) is 23.7. The van der Waals surface area contributed by atoms with Gasteiger partial charge in [0.15, 0.2) is 0 Å². The highest BCUT2D eigenvalue weighted by Crippen LogP contribution is 2.39. The van der Waals surface area contributed by atoms with Crippen LogP contribution in [-0.4, -0.2) is 40.9 Å². The standard InChI is InChI=1S/C12H20N2O2S2/c15-11-5-3-8-14(11)12(16)13-7-2-1-4-10-6-9-17-18-10/h10H,1-9H2,(H,13,16). The van der Waals surface area contributed by atoms with Crippen LogP contribution >= 0.6 is 21.6 Å². The van der Waals surface area contributed by atoms with Crippen LogP contribution in [0.1, 0.15) is 38.5 Å². The van der Waals surface area contributed by atoms with Crippen molar-refractivity contribution < 1.29 is 9.59 Å². The SMILES string of the molecule is O=C1CCCN1C(=O)NCCCCC1CCSS1. The topological polar surface area (TPSA) is 49.4 Å². The summed E-state index contributed by atoms with van der Waals surface area (Å²) in [5.41, 5.74) is 0. The molecule has 6 heteroatoms. The third kappa shape index (κ3) is 4.09. The highest BCUT2D eigenvalue weighted by atomic mass is 33.1. The lowest BCUT2D eigenvalue weighted by Crippen LogP contribution is -2.40. The van der Waals surface area contributed by atoms with Crippen LogP contribution in [0.3, 0.4) is 0 Å². The van der Waals surface area contributed by atoms with Crippen molar-refractivity contribution in [2.75, 3.05) is 18.8 Å². The molecule has 2 heterocycles. The first-order valence-electron chi connectivity index (χ1n) is 6.64. The first-order valence-corrected chi connectivity index (χ1v) is 9.02. The number of hydrogen-bond donors (Lipinski definition) is 1. The van der Waals surface area contributed by atoms with Gasteiger partial charge in [-0.15, -0.1) is 0 Å². The summed E-state index contributed by atoms with van der Waals surface area (Å²) in [5, 5.41) is 3.65. The summed E-state index contributed by atoms with van der Waals surface area (Å²) in [6, 6.07) is -0.205. The van der Waals surface area contributed by atoms with Gasteiger partial charge in [-0.2, -0.15) is 0 Å². The first kappa shape index (κ1) is 14.1. The zero-order valence-electron chi connectivity index (χ0n) is 10.5. The van der Waals surface area contributed by atoms with Gasteiger partial charge in [0, 0.05) is 30.5 Å². The molecule has 0 aromatic carbocycles. The van der Waals surface area contributed by atoms with E-state index in [2.05, 4.69) is 5.32 Å². The second-order valence-electron chi connectivity index (χ2n) is 4.71. The molecule has 0 bridgehead atoms. The molecule has 0 aromatic heterocycles. The molecule has 1 atom stereocenters. The molecule has 18 heavy (non-hydrogen) atoms. The summed E-state index contributed by atoms with van der Waals surface area (Å²) in [6.07, 6.45) is 6.06. The van der Waals surface area contributed by atoms with Crippen LogP contribution in [0, 0.1) is 0 Å². The number of nitrogens with one attached hydrogen (secondary N) is 1. The molecule has 102 valence electrons. The van der Waals surface area contributed by atoms with Gasteiger partial charge in [-0.1, -0.05) is 28.0 Å². The van der Waals surface area contributed by atoms with Gasteiger partial charge in [0.2, 0.25) is 5.91 Å². The smallest absolute Gasteiger partial charge is 0.324 e. The van der Waals surface area contributed by atoms with Crippen molar-refractivity contribution in [3.63, 3.8) is 0 Å². The predicted molar refractivity (Wildman–Crippen MR) is 76.7 cm³/mol. The minimum absolute atomic E-state index is 0.0353. The van der Waals surface area contributed by atoms with E-state index in [0.717, 1.165) is 24.5 Å². The van der Waals surface area contributed by atoms with E-state index >= 15 is 0 Å². The van der Waals surface area contributed by atoms with Gasteiger partial charge in [0.25, 0.3) is 0 Å². The molecule has 4 nitrogen and oxygen atoms in total. The van der Waals surface area contributed by atoms with Gasteiger partial charge >= 0.3 is 6.03 Å². The van der Waals surface area contributed by atoms with Crippen LogP contribution in [0.15, 0.2) is 0 Å². The van der Waals surface area contributed by atoms with Crippen LogP contribution in [0.25, 0.3) is 0 Å². The maximum atomic E-state index is 11.7. The minimum Gasteiger partial charge on any atom is -0.338 e. The first-order chi connectivity index (χ1) is 8.77. The lowest BCUT2D eigenvalue weighted by atomic mass is 10.1. The third-order valence-corrected chi connectivity index (χ3v) is 6.28. The highest BCUT2D eigenvalue weighted by molar-refractivity contribution is 8.77. The molecule has 2 rings (SSSR count). The van der Waals surface area contributed by atoms with Gasteiger partial charge in [-0.25, -0.2) is 4.79 Å². The molecule has 2 saturated heterocycles. The Morgan fingerprint density at radius 3 is 3.00 bits per heavy atom. The van der Waals surface area contributed by atoms with Gasteiger partial charge in [-0.3, -0.25) is 9.69 Å². The zero-order valence-corrected chi connectivity index (χ0v) is 12.2. The lowest BCUT2D eigenvalue weighted by molar-refractivity contribution is -0.125. The zero-order chi connectivity index (χ0) is 12.8. The molecular formula is C12H20N2O2S2. The second kappa shape index (κ2) is 7.28. The molecular weight excluding hydrogens is 268 g/mol. The van der Waals surface area contributed by atoms with Crippen molar-refractivity contribution in [2.24, 2.45) is 0 Å². The van der Waals surface area contributed by atoms with Crippen LogP contribution < -0.4 is 5.32 Å². The number of carbonyl (C=O) groups is 2. The Morgan fingerprint density at radius 2 is 2.33 bits per heavy atom. The molecule has 0 radical (unpaired) electrons. The Balaban J connectivity index is 1.52. The third-order valence-electron chi connectivity index (χ3n) is 3.27. The molecule has 1 N–H and O–H groups in total. The number of amides is 3. The molecule has 1 unspecified atom stereocenters. The Bertz CT molecular complexity index is 306. The summed E-state index contributed by atoms with van der Waals surface area (Å²) >= 11 is 0. The molecule has 0 spiro atoms. The maximum Gasteiger partial charge on any atom is 0.324 e. The Kier molecular flexibility index (Phi) is 5.69. The van der Waals surface area contributed by atoms with Crippen molar-refractivity contribution >= 4 is 33.5 Å². The van der Waals surface area contributed by atoms with Gasteiger partial charge in [0.05, 0.1) is 0 Å².